The summed E-state index contributed by atoms with van der Waals surface area (Å²) in [7, 11) is 1.60. The number of hydrogen-bond donors (Lipinski definition) is 1. The Morgan fingerprint density at radius 1 is 1.25 bits per heavy atom. The number of carbonyl (C=O) groups excluding carboxylic acids is 1. The molecule has 0 unspecified atom stereocenters. The average molecular weight is 338 g/mol. The van der Waals surface area contributed by atoms with Crippen LogP contribution in [0.4, 0.5) is 4.79 Å². The molecule has 0 spiro atoms. The van der Waals surface area contributed by atoms with E-state index in [1.54, 1.807) is 25.0 Å². The minimum atomic E-state index is -0.592. The number of amides is 1. The van der Waals surface area contributed by atoms with Crippen LogP contribution in [0.1, 0.15) is 6.92 Å². The molecule has 1 aromatic carbocycles. The van der Waals surface area contributed by atoms with Gasteiger partial charge in [0.1, 0.15) is 24.2 Å². The third kappa shape index (κ3) is 5.58. The molecule has 24 heavy (non-hydrogen) atoms. The van der Waals surface area contributed by atoms with Crippen molar-refractivity contribution in [3.63, 3.8) is 0 Å². The number of hydrogen-bond acceptors (Lipinski definition) is 6. The van der Waals surface area contributed by atoms with Crippen LogP contribution < -0.4 is 9.47 Å². The van der Waals surface area contributed by atoms with E-state index < -0.39 is 6.10 Å². The van der Waals surface area contributed by atoms with Gasteiger partial charge < -0.3 is 24.2 Å². The molecule has 0 aliphatic carbocycles. The predicted molar refractivity (Wildman–Crippen MR) is 89.5 cm³/mol. The molecule has 1 heterocycles. The molecule has 1 aliphatic heterocycles. The van der Waals surface area contributed by atoms with Crippen molar-refractivity contribution in [2.24, 2.45) is 0 Å². The molecule has 7 nitrogen and oxygen atoms in total. The molecule has 1 saturated heterocycles. The molecular weight excluding hydrogens is 312 g/mol. The number of methoxy groups -OCH3 is 1. The lowest BCUT2D eigenvalue weighted by atomic mass is 10.2. The fourth-order valence-corrected chi connectivity index (χ4v) is 2.56. The monoisotopic (exact) mass is 338 g/mol. The molecule has 134 valence electrons. The van der Waals surface area contributed by atoms with E-state index in [9.17, 15) is 9.90 Å². The van der Waals surface area contributed by atoms with Gasteiger partial charge in [-0.15, -0.1) is 0 Å². The van der Waals surface area contributed by atoms with E-state index in [0.29, 0.717) is 32.0 Å². The Labute approximate surface area is 142 Å². The molecule has 0 aromatic heterocycles. The molecule has 1 aromatic rings. The van der Waals surface area contributed by atoms with Gasteiger partial charge >= 0.3 is 6.09 Å². The van der Waals surface area contributed by atoms with Crippen LogP contribution in [0.15, 0.2) is 24.3 Å². The van der Waals surface area contributed by atoms with E-state index in [2.05, 4.69) is 4.90 Å². The fraction of sp³-hybridized carbons (Fsp3) is 0.588. The molecule has 0 radical (unpaired) electrons. The average Bonchev–Trinajstić information content (AvgIpc) is 2.61. The Morgan fingerprint density at radius 2 is 1.96 bits per heavy atom. The van der Waals surface area contributed by atoms with E-state index in [-0.39, 0.29) is 12.7 Å². The predicted octanol–water partition coefficient (Wildman–Crippen LogP) is 1.21. The highest BCUT2D eigenvalue weighted by atomic mass is 16.6. The van der Waals surface area contributed by atoms with E-state index in [4.69, 9.17) is 14.2 Å². The van der Waals surface area contributed by atoms with Gasteiger partial charge in [0, 0.05) is 38.8 Å². The zero-order valence-corrected chi connectivity index (χ0v) is 14.3. The number of aliphatic hydroxyl groups is 1. The Hall–Kier alpha value is -1.99. The standard InChI is InChI=1S/C17H26N2O5/c1-3-23-17(21)19-9-7-18(8-10-19)12-14(20)13-24-16-6-4-5-15(11-16)22-2/h4-6,11,14,20H,3,7-10,12-13H2,1-2H3/t14-/m1/s1. The van der Waals surface area contributed by atoms with Crippen molar-refractivity contribution in [3.05, 3.63) is 24.3 Å². The van der Waals surface area contributed by atoms with Crippen molar-refractivity contribution < 1.29 is 24.1 Å². The first-order valence-corrected chi connectivity index (χ1v) is 8.21. The molecule has 7 heteroatoms. The van der Waals surface area contributed by atoms with Crippen molar-refractivity contribution in [1.29, 1.82) is 0 Å². The fourth-order valence-electron chi connectivity index (χ4n) is 2.56. The lowest BCUT2D eigenvalue weighted by Gasteiger charge is -2.34. The summed E-state index contributed by atoms with van der Waals surface area (Å²) in [4.78, 5) is 15.5. The number of ether oxygens (including phenoxy) is 3. The zero-order chi connectivity index (χ0) is 17.4. The summed E-state index contributed by atoms with van der Waals surface area (Å²) in [6.07, 6.45) is -0.857. The number of aliphatic hydroxyl groups excluding tert-OH is 1. The molecule has 1 amide bonds. The van der Waals surface area contributed by atoms with E-state index in [0.717, 1.165) is 18.8 Å². The van der Waals surface area contributed by atoms with Crippen LogP contribution in [0.3, 0.4) is 0 Å². The van der Waals surface area contributed by atoms with Gasteiger partial charge in [-0.1, -0.05) is 6.07 Å². The van der Waals surface area contributed by atoms with Gasteiger partial charge in [-0.05, 0) is 19.1 Å². The van der Waals surface area contributed by atoms with Crippen LogP contribution in [0.2, 0.25) is 0 Å². The molecule has 1 fully saturated rings. The van der Waals surface area contributed by atoms with E-state index in [1.165, 1.54) is 0 Å². The summed E-state index contributed by atoms with van der Waals surface area (Å²) < 4.78 is 15.7. The van der Waals surface area contributed by atoms with Crippen LogP contribution >= 0.6 is 0 Å². The second kappa shape index (κ2) is 9.34. The maximum Gasteiger partial charge on any atom is 0.409 e. The summed E-state index contributed by atoms with van der Waals surface area (Å²) in [6, 6.07) is 7.29. The lowest BCUT2D eigenvalue weighted by Crippen LogP contribution is -2.51. The summed E-state index contributed by atoms with van der Waals surface area (Å²) in [5, 5.41) is 10.1. The first kappa shape index (κ1) is 18.4. The highest BCUT2D eigenvalue weighted by Gasteiger charge is 2.23. The number of carbonyl (C=O) groups is 1. The van der Waals surface area contributed by atoms with Crippen molar-refractivity contribution in [3.8, 4) is 11.5 Å². The smallest absolute Gasteiger partial charge is 0.409 e. The van der Waals surface area contributed by atoms with Crippen molar-refractivity contribution >= 4 is 6.09 Å². The summed E-state index contributed by atoms with van der Waals surface area (Å²) in [6.45, 7) is 5.58. The molecule has 0 saturated carbocycles. The Morgan fingerprint density at radius 3 is 2.62 bits per heavy atom. The van der Waals surface area contributed by atoms with Gasteiger partial charge in [0.2, 0.25) is 0 Å². The first-order valence-electron chi connectivity index (χ1n) is 8.21. The van der Waals surface area contributed by atoms with Crippen LogP contribution in [-0.4, -0.2) is 80.2 Å². The van der Waals surface area contributed by atoms with Gasteiger partial charge in [-0.3, -0.25) is 4.90 Å². The maximum absolute atomic E-state index is 11.6. The van der Waals surface area contributed by atoms with Gasteiger partial charge in [0.25, 0.3) is 0 Å². The van der Waals surface area contributed by atoms with Crippen molar-refractivity contribution in [2.75, 3.05) is 53.0 Å². The molecule has 0 bridgehead atoms. The first-order chi connectivity index (χ1) is 11.6. The van der Waals surface area contributed by atoms with Gasteiger partial charge in [0.15, 0.2) is 0 Å². The molecule has 1 atom stereocenters. The van der Waals surface area contributed by atoms with Crippen LogP contribution in [0.5, 0.6) is 11.5 Å². The number of benzene rings is 1. The third-order valence-corrected chi connectivity index (χ3v) is 3.85. The Balaban J connectivity index is 1.69. The van der Waals surface area contributed by atoms with E-state index in [1.807, 2.05) is 18.2 Å². The second-order valence-corrected chi connectivity index (χ2v) is 5.63. The summed E-state index contributed by atoms with van der Waals surface area (Å²) in [5.41, 5.74) is 0. The number of piperazine rings is 1. The second-order valence-electron chi connectivity index (χ2n) is 5.63. The van der Waals surface area contributed by atoms with Crippen molar-refractivity contribution in [2.45, 2.75) is 13.0 Å². The highest BCUT2D eigenvalue weighted by molar-refractivity contribution is 5.67. The van der Waals surface area contributed by atoms with Crippen LogP contribution in [0.25, 0.3) is 0 Å². The van der Waals surface area contributed by atoms with E-state index >= 15 is 0 Å². The third-order valence-electron chi connectivity index (χ3n) is 3.85. The minimum Gasteiger partial charge on any atom is -0.497 e. The number of rotatable bonds is 7. The lowest BCUT2D eigenvalue weighted by molar-refractivity contribution is 0.0407. The SMILES string of the molecule is CCOC(=O)N1CCN(C[C@@H](O)COc2cccc(OC)c2)CC1. The van der Waals surface area contributed by atoms with Gasteiger partial charge in [-0.2, -0.15) is 0 Å². The highest BCUT2D eigenvalue weighted by Crippen LogP contribution is 2.19. The summed E-state index contributed by atoms with van der Waals surface area (Å²) in [5.74, 6) is 1.39. The molecule has 2 rings (SSSR count). The number of β-amino-alcohol motifs (C(OH)–C–C–N with tert-alkyl or cyclic N) is 1. The zero-order valence-electron chi connectivity index (χ0n) is 14.3. The Bertz CT molecular complexity index is 517. The van der Waals surface area contributed by atoms with Crippen molar-refractivity contribution in [1.82, 2.24) is 9.80 Å². The minimum absolute atomic E-state index is 0.214. The molecule has 1 N–H and O–H groups in total. The maximum atomic E-state index is 11.6. The quantitative estimate of drug-likeness (QED) is 0.806. The Kier molecular flexibility index (Phi) is 7.14. The summed E-state index contributed by atoms with van der Waals surface area (Å²) >= 11 is 0. The van der Waals surface area contributed by atoms with Crippen LogP contribution in [0, 0.1) is 0 Å². The number of nitrogens with zero attached hydrogens (tertiary/aromatic N) is 2. The topological polar surface area (TPSA) is 71.5 Å². The van der Waals surface area contributed by atoms with Gasteiger partial charge in [-0.25, -0.2) is 4.79 Å². The van der Waals surface area contributed by atoms with Gasteiger partial charge in [0.05, 0.1) is 13.7 Å². The largest absolute Gasteiger partial charge is 0.497 e. The normalized spacial score (nSPS) is 16.5. The van der Waals surface area contributed by atoms with Crippen LogP contribution in [-0.2, 0) is 4.74 Å². The molecule has 1 aliphatic rings. The molecular formula is C17H26N2O5.